The normalized spacial score (nSPS) is 10.2. The second-order valence-electron chi connectivity index (χ2n) is 5.71. The average molecular weight is 342 g/mol. The second-order valence-corrected chi connectivity index (χ2v) is 5.71. The molecule has 2 aromatic carbocycles. The average Bonchev–Trinajstić information content (AvgIpc) is 2.51. The van der Waals surface area contributed by atoms with Crippen molar-refractivity contribution in [1.82, 2.24) is 0 Å². The molecule has 0 heterocycles. The highest BCUT2D eigenvalue weighted by Gasteiger charge is 2.19. The van der Waals surface area contributed by atoms with Crippen LogP contribution in [0.2, 0.25) is 0 Å². The number of nitro benzene ring substituents is 1. The summed E-state index contributed by atoms with van der Waals surface area (Å²) >= 11 is 0. The molecule has 0 spiro atoms. The Morgan fingerprint density at radius 3 is 2.36 bits per heavy atom. The molecule has 0 bridgehead atoms. The van der Waals surface area contributed by atoms with Crippen molar-refractivity contribution in [2.75, 3.05) is 11.9 Å². The molecule has 1 amide bonds. The summed E-state index contributed by atoms with van der Waals surface area (Å²) in [4.78, 5) is 34.4. The third-order valence-electron chi connectivity index (χ3n) is 3.56. The number of hydrogen-bond donors (Lipinski definition) is 1. The fourth-order valence-electron chi connectivity index (χ4n) is 2.50. The van der Waals surface area contributed by atoms with Gasteiger partial charge in [0.15, 0.2) is 6.61 Å². The van der Waals surface area contributed by atoms with Gasteiger partial charge in [0, 0.05) is 17.3 Å². The number of aryl methyl sites for hydroxylation is 2. The van der Waals surface area contributed by atoms with Crippen LogP contribution in [0.1, 0.15) is 27.0 Å². The number of amides is 1. The number of carbonyl (C=O) groups is 2. The molecule has 7 heteroatoms. The molecule has 1 N–H and O–H groups in total. The Morgan fingerprint density at radius 2 is 1.76 bits per heavy atom. The first kappa shape index (κ1) is 18.1. The lowest BCUT2D eigenvalue weighted by atomic mass is 10.1. The van der Waals surface area contributed by atoms with Gasteiger partial charge in [-0.2, -0.15) is 0 Å². The Morgan fingerprint density at radius 1 is 1.12 bits per heavy atom. The van der Waals surface area contributed by atoms with Gasteiger partial charge in [-0.15, -0.1) is 0 Å². The van der Waals surface area contributed by atoms with Gasteiger partial charge >= 0.3 is 5.97 Å². The highest BCUT2D eigenvalue weighted by atomic mass is 16.6. The van der Waals surface area contributed by atoms with Crippen molar-refractivity contribution in [2.45, 2.75) is 20.8 Å². The van der Waals surface area contributed by atoms with Crippen molar-refractivity contribution < 1.29 is 19.2 Å². The van der Waals surface area contributed by atoms with Crippen LogP contribution in [0.5, 0.6) is 0 Å². The Labute approximate surface area is 144 Å². The zero-order valence-electron chi connectivity index (χ0n) is 14.2. The highest BCUT2D eigenvalue weighted by Crippen LogP contribution is 2.21. The van der Waals surface area contributed by atoms with Gasteiger partial charge in [-0.1, -0.05) is 12.1 Å². The quantitative estimate of drug-likeness (QED) is 0.510. The highest BCUT2D eigenvalue weighted by molar-refractivity contribution is 5.96. The summed E-state index contributed by atoms with van der Waals surface area (Å²) in [6, 6.07) is 9.71. The molecule has 0 aliphatic rings. The number of carbonyl (C=O) groups excluding carboxylic acids is 2. The van der Waals surface area contributed by atoms with Crippen LogP contribution in [0.3, 0.4) is 0 Å². The monoisotopic (exact) mass is 342 g/mol. The van der Waals surface area contributed by atoms with Crippen LogP contribution in [0, 0.1) is 30.9 Å². The Hall–Kier alpha value is -3.22. The van der Waals surface area contributed by atoms with Gasteiger partial charge in [-0.3, -0.25) is 14.9 Å². The fourth-order valence-corrected chi connectivity index (χ4v) is 2.50. The summed E-state index contributed by atoms with van der Waals surface area (Å²) in [6.45, 7) is 4.81. The number of nitrogens with one attached hydrogen (secondary N) is 1. The molecule has 0 fully saturated rings. The number of nitro groups is 1. The minimum Gasteiger partial charge on any atom is -0.452 e. The SMILES string of the molecule is Cc1cc(C)cc(NC(=O)COC(=O)c2cccc([N+](=O)[O-])c2C)c1. The van der Waals surface area contributed by atoms with Crippen LogP contribution >= 0.6 is 0 Å². The van der Waals surface area contributed by atoms with E-state index in [0.29, 0.717) is 5.69 Å². The molecule has 0 aromatic heterocycles. The Balaban J connectivity index is 2.01. The number of nitrogens with zero attached hydrogens (tertiary/aromatic N) is 1. The zero-order valence-corrected chi connectivity index (χ0v) is 14.2. The van der Waals surface area contributed by atoms with Crippen LogP contribution < -0.4 is 5.32 Å². The number of rotatable bonds is 5. The van der Waals surface area contributed by atoms with Crippen molar-refractivity contribution in [1.29, 1.82) is 0 Å². The van der Waals surface area contributed by atoms with Gasteiger partial charge < -0.3 is 10.1 Å². The smallest absolute Gasteiger partial charge is 0.339 e. The van der Waals surface area contributed by atoms with Crippen LogP contribution in [-0.2, 0) is 9.53 Å². The lowest BCUT2D eigenvalue weighted by Crippen LogP contribution is -2.21. The summed E-state index contributed by atoms with van der Waals surface area (Å²) in [6.07, 6.45) is 0. The third-order valence-corrected chi connectivity index (χ3v) is 3.56. The van der Waals surface area contributed by atoms with E-state index in [1.54, 1.807) is 12.1 Å². The predicted octanol–water partition coefficient (Wildman–Crippen LogP) is 3.32. The molecule has 0 aliphatic heterocycles. The number of benzene rings is 2. The summed E-state index contributed by atoms with van der Waals surface area (Å²) < 4.78 is 4.96. The molecule has 0 unspecified atom stereocenters. The maximum absolute atomic E-state index is 12.1. The Kier molecular flexibility index (Phi) is 5.49. The zero-order chi connectivity index (χ0) is 18.6. The van der Waals surface area contributed by atoms with Crippen LogP contribution in [0.25, 0.3) is 0 Å². The fraction of sp³-hybridized carbons (Fsp3) is 0.222. The van der Waals surface area contributed by atoms with E-state index in [1.165, 1.54) is 25.1 Å². The van der Waals surface area contributed by atoms with E-state index < -0.39 is 23.4 Å². The van der Waals surface area contributed by atoms with E-state index in [-0.39, 0.29) is 16.8 Å². The minimum atomic E-state index is -0.781. The lowest BCUT2D eigenvalue weighted by molar-refractivity contribution is -0.385. The minimum absolute atomic E-state index is 0.0633. The molecule has 2 aromatic rings. The topological polar surface area (TPSA) is 98.5 Å². The van der Waals surface area contributed by atoms with Crippen molar-refractivity contribution in [3.8, 4) is 0 Å². The molecule has 0 atom stereocenters. The van der Waals surface area contributed by atoms with E-state index in [0.717, 1.165) is 11.1 Å². The van der Waals surface area contributed by atoms with E-state index >= 15 is 0 Å². The number of hydrogen-bond acceptors (Lipinski definition) is 5. The van der Waals surface area contributed by atoms with Crippen LogP contribution in [0.4, 0.5) is 11.4 Å². The van der Waals surface area contributed by atoms with Crippen molar-refractivity contribution in [3.05, 3.63) is 68.8 Å². The van der Waals surface area contributed by atoms with Gasteiger partial charge in [0.1, 0.15) is 0 Å². The van der Waals surface area contributed by atoms with Crippen molar-refractivity contribution in [3.63, 3.8) is 0 Å². The molecule has 2 rings (SSSR count). The molecular weight excluding hydrogens is 324 g/mol. The van der Waals surface area contributed by atoms with Crippen molar-refractivity contribution in [2.24, 2.45) is 0 Å². The lowest BCUT2D eigenvalue weighted by Gasteiger charge is -2.09. The van der Waals surface area contributed by atoms with Crippen molar-refractivity contribution >= 4 is 23.3 Å². The first-order chi connectivity index (χ1) is 11.8. The first-order valence-electron chi connectivity index (χ1n) is 7.57. The molecule has 0 radical (unpaired) electrons. The third kappa shape index (κ3) is 4.63. The summed E-state index contributed by atoms with van der Waals surface area (Å²) in [5.41, 5.74) is 2.71. The summed E-state index contributed by atoms with van der Waals surface area (Å²) in [5, 5.41) is 13.6. The van der Waals surface area contributed by atoms with Gasteiger partial charge in [0.05, 0.1) is 10.5 Å². The molecule has 7 nitrogen and oxygen atoms in total. The van der Waals surface area contributed by atoms with Gasteiger partial charge in [-0.25, -0.2) is 4.79 Å². The predicted molar refractivity (Wildman–Crippen MR) is 92.7 cm³/mol. The molecule has 0 saturated carbocycles. The first-order valence-corrected chi connectivity index (χ1v) is 7.57. The van der Waals surface area contributed by atoms with Gasteiger partial charge in [-0.05, 0) is 50.1 Å². The molecule has 0 aliphatic carbocycles. The molecule has 0 saturated heterocycles. The largest absolute Gasteiger partial charge is 0.452 e. The molecule has 25 heavy (non-hydrogen) atoms. The van der Waals surface area contributed by atoms with E-state index in [2.05, 4.69) is 5.32 Å². The van der Waals surface area contributed by atoms with Crippen LogP contribution in [0.15, 0.2) is 36.4 Å². The standard InChI is InChI=1S/C18H18N2O5/c1-11-7-12(2)9-14(8-11)19-17(21)10-25-18(22)15-5-4-6-16(13(15)3)20(23)24/h4-9H,10H2,1-3H3,(H,19,21). The summed E-state index contributed by atoms with van der Waals surface area (Å²) in [7, 11) is 0. The van der Waals surface area contributed by atoms with E-state index in [9.17, 15) is 19.7 Å². The summed E-state index contributed by atoms with van der Waals surface area (Å²) in [5.74, 6) is -1.27. The maximum Gasteiger partial charge on any atom is 0.339 e. The molecule has 130 valence electrons. The van der Waals surface area contributed by atoms with Gasteiger partial charge in [0.2, 0.25) is 0 Å². The number of ether oxygens (including phenoxy) is 1. The Bertz CT molecular complexity index is 825. The van der Waals surface area contributed by atoms with E-state index in [4.69, 9.17) is 4.74 Å². The second kappa shape index (κ2) is 7.57. The maximum atomic E-state index is 12.1. The van der Waals surface area contributed by atoms with E-state index in [1.807, 2.05) is 19.9 Å². The van der Waals surface area contributed by atoms with Gasteiger partial charge in [0.25, 0.3) is 11.6 Å². The number of esters is 1. The molecular formula is C18H18N2O5. The van der Waals surface area contributed by atoms with Crippen LogP contribution in [-0.4, -0.2) is 23.4 Å². The number of anilines is 1.